The minimum Gasteiger partial charge on any atom is -0.469 e. The molecule has 0 unspecified atom stereocenters. The molecule has 1 aromatic carbocycles. The molecule has 22 heavy (non-hydrogen) atoms. The van der Waals surface area contributed by atoms with Gasteiger partial charge < -0.3 is 19.3 Å². The molecule has 3 atom stereocenters. The minimum absolute atomic E-state index is 0.0748. The Bertz CT molecular complexity index is 448. The van der Waals surface area contributed by atoms with E-state index in [0.29, 0.717) is 32.5 Å². The number of carbonyl (C=O) groups excluding carboxylic acids is 1. The zero-order valence-electron chi connectivity index (χ0n) is 12.9. The van der Waals surface area contributed by atoms with Crippen molar-refractivity contribution < 1.29 is 24.1 Å². The molecule has 5 heteroatoms. The molecule has 0 spiro atoms. The summed E-state index contributed by atoms with van der Waals surface area (Å²) in [6, 6.07) is 9.98. The number of esters is 1. The van der Waals surface area contributed by atoms with Crippen molar-refractivity contribution in [3.05, 3.63) is 35.9 Å². The number of methoxy groups -OCH3 is 1. The molecule has 2 rings (SSSR count). The third-order valence-electron chi connectivity index (χ3n) is 3.77. The van der Waals surface area contributed by atoms with Crippen molar-refractivity contribution in [3.8, 4) is 0 Å². The molecule has 1 N–H and O–H groups in total. The maximum Gasteiger partial charge on any atom is 0.308 e. The predicted molar refractivity (Wildman–Crippen MR) is 81.2 cm³/mol. The van der Waals surface area contributed by atoms with E-state index in [1.54, 1.807) is 0 Å². The first kappa shape index (κ1) is 16.9. The largest absolute Gasteiger partial charge is 0.469 e. The van der Waals surface area contributed by atoms with Gasteiger partial charge in [0.25, 0.3) is 0 Å². The van der Waals surface area contributed by atoms with Gasteiger partial charge in [-0.05, 0) is 18.4 Å². The van der Waals surface area contributed by atoms with E-state index in [4.69, 9.17) is 9.47 Å². The van der Waals surface area contributed by atoms with Crippen LogP contribution >= 0.6 is 0 Å². The molecule has 1 heterocycles. The van der Waals surface area contributed by atoms with Crippen molar-refractivity contribution in [2.24, 2.45) is 0 Å². The topological polar surface area (TPSA) is 65.0 Å². The van der Waals surface area contributed by atoms with Gasteiger partial charge >= 0.3 is 5.97 Å². The Morgan fingerprint density at radius 2 is 2.00 bits per heavy atom. The van der Waals surface area contributed by atoms with Crippen molar-refractivity contribution in [2.45, 2.75) is 50.6 Å². The van der Waals surface area contributed by atoms with Crippen LogP contribution in [0.2, 0.25) is 0 Å². The lowest BCUT2D eigenvalue weighted by molar-refractivity contribution is -0.151. The summed E-state index contributed by atoms with van der Waals surface area (Å²) in [5.41, 5.74) is 1.13. The summed E-state index contributed by atoms with van der Waals surface area (Å²) in [4.78, 5) is 11.3. The van der Waals surface area contributed by atoms with Crippen LogP contribution in [0.25, 0.3) is 0 Å². The quantitative estimate of drug-likeness (QED) is 0.617. The Morgan fingerprint density at radius 1 is 1.27 bits per heavy atom. The van der Waals surface area contributed by atoms with E-state index in [9.17, 15) is 9.90 Å². The van der Waals surface area contributed by atoms with Crippen LogP contribution in [0.1, 0.15) is 31.2 Å². The van der Waals surface area contributed by atoms with Gasteiger partial charge in [-0.25, -0.2) is 0 Å². The van der Waals surface area contributed by atoms with Crippen LogP contribution in [0, 0.1) is 0 Å². The molecular weight excluding hydrogens is 284 g/mol. The lowest BCUT2D eigenvalue weighted by atomic mass is 9.97. The SMILES string of the molecule is COC(=O)C[C@@H]1C[C@H](O)C[C@H](CCOCc2ccccc2)O1. The van der Waals surface area contributed by atoms with Gasteiger partial charge in [0.2, 0.25) is 0 Å². The van der Waals surface area contributed by atoms with E-state index < -0.39 is 6.10 Å². The molecule has 122 valence electrons. The molecule has 0 bridgehead atoms. The van der Waals surface area contributed by atoms with Gasteiger partial charge in [-0.1, -0.05) is 30.3 Å². The van der Waals surface area contributed by atoms with Crippen molar-refractivity contribution in [2.75, 3.05) is 13.7 Å². The zero-order chi connectivity index (χ0) is 15.8. The van der Waals surface area contributed by atoms with E-state index >= 15 is 0 Å². The average molecular weight is 308 g/mol. The van der Waals surface area contributed by atoms with E-state index in [2.05, 4.69) is 4.74 Å². The first-order valence-corrected chi connectivity index (χ1v) is 7.69. The lowest BCUT2D eigenvalue weighted by Crippen LogP contribution is -2.37. The number of aliphatic hydroxyl groups excluding tert-OH is 1. The van der Waals surface area contributed by atoms with Gasteiger partial charge in [0, 0.05) is 13.0 Å². The van der Waals surface area contributed by atoms with Gasteiger partial charge in [-0.3, -0.25) is 4.79 Å². The zero-order valence-corrected chi connectivity index (χ0v) is 12.9. The highest BCUT2D eigenvalue weighted by atomic mass is 16.5. The maximum absolute atomic E-state index is 11.3. The van der Waals surface area contributed by atoms with Crippen LogP contribution in [0.4, 0.5) is 0 Å². The summed E-state index contributed by atoms with van der Waals surface area (Å²) >= 11 is 0. The molecule has 0 aromatic heterocycles. The third-order valence-corrected chi connectivity index (χ3v) is 3.77. The van der Waals surface area contributed by atoms with Gasteiger partial charge in [-0.2, -0.15) is 0 Å². The second-order valence-corrected chi connectivity index (χ2v) is 5.61. The van der Waals surface area contributed by atoms with Crippen LogP contribution in [0.15, 0.2) is 30.3 Å². The Hall–Kier alpha value is -1.43. The van der Waals surface area contributed by atoms with Crippen LogP contribution in [0.3, 0.4) is 0 Å². The first-order valence-electron chi connectivity index (χ1n) is 7.69. The smallest absolute Gasteiger partial charge is 0.308 e. The van der Waals surface area contributed by atoms with Crippen molar-refractivity contribution in [1.82, 2.24) is 0 Å². The fraction of sp³-hybridized carbons (Fsp3) is 0.588. The predicted octanol–water partition coefficient (Wildman–Crippen LogP) is 2.06. The standard InChI is InChI=1S/C17H24O5/c1-20-17(19)11-16-10-14(18)9-15(22-16)7-8-21-12-13-5-3-2-4-6-13/h2-6,14-16,18H,7-12H2,1H3/t14-,15+,16+/m1/s1. The molecule has 5 nitrogen and oxygen atoms in total. The number of carbonyl (C=O) groups is 1. The summed E-state index contributed by atoms with van der Waals surface area (Å²) in [5, 5.41) is 9.90. The van der Waals surface area contributed by atoms with Gasteiger partial charge in [0.15, 0.2) is 0 Å². The van der Waals surface area contributed by atoms with E-state index in [1.807, 2.05) is 30.3 Å². The van der Waals surface area contributed by atoms with Crippen molar-refractivity contribution in [1.29, 1.82) is 0 Å². The first-order chi connectivity index (χ1) is 10.7. The average Bonchev–Trinajstić information content (AvgIpc) is 2.52. The molecule has 1 aliphatic heterocycles. The molecule has 0 saturated carbocycles. The van der Waals surface area contributed by atoms with Gasteiger partial charge in [0.1, 0.15) is 0 Å². The molecule has 0 aliphatic carbocycles. The Labute approximate surface area is 131 Å². The fourth-order valence-corrected chi connectivity index (χ4v) is 2.65. The van der Waals surface area contributed by atoms with Crippen LogP contribution in [0.5, 0.6) is 0 Å². The van der Waals surface area contributed by atoms with Crippen molar-refractivity contribution in [3.63, 3.8) is 0 Å². The molecule has 0 amide bonds. The number of hydrogen-bond acceptors (Lipinski definition) is 5. The number of rotatable bonds is 7. The van der Waals surface area contributed by atoms with Crippen LogP contribution < -0.4 is 0 Å². The Balaban J connectivity index is 1.69. The summed E-state index contributed by atoms with van der Waals surface area (Å²) in [6.45, 7) is 1.14. The Kier molecular flexibility index (Phi) is 6.83. The highest BCUT2D eigenvalue weighted by Gasteiger charge is 2.29. The number of aliphatic hydroxyl groups is 1. The van der Waals surface area contributed by atoms with Gasteiger partial charge in [0.05, 0.1) is 38.4 Å². The van der Waals surface area contributed by atoms with Crippen LogP contribution in [-0.2, 0) is 25.6 Å². The molecule has 1 saturated heterocycles. The summed E-state index contributed by atoms with van der Waals surface area (Å²) in [6.07, 6.45) is 1.20. The normalized spacial score (nSPS) is 24.9. The second-order valence-electron chi connectivity index (χ2n) is 5.61. The molecule has 0 radical (unpaired) electrons. The summed E-state index contributed by atoms with van der Waals surface area (Å²) in [7, 11) is 1.36. The summed E-state index contributed by atoms with van der Waals surface area (Å²) in [5.74, 6) is -0.307. The van der Waals surface area contributed by atoms with Gasteiger partial charge in [-0.15, -0.1) is 0 Å². The highest BCUT2D eigenvalue weighted by Crippen LogP contribution is 2.24. The lowest BCUT2D eigenvalue weighted by Gasteiger charge is -2.32. The summed E-state index contributed by atoms with van der Waals surface area (Å²) < 4.78 is 16.1. The highest BCUT2D eigenvalue weighted by molar-refractivity contribution is 5.69. The molecule has 1 aliphatic rings. The minimum atomic E-state index is -0.428. The van der Waals surface area contributed by atoms with E-state index in [-0.39, 0.29) is 24.6 Å². The van der Waals surface area contributed by atoms with E-state index in [1.165, 1.54) is 7.11 Å². The Morgan fingerprint density at radius 3 is 2.73 bits per heavy atom. The molecule has 1 aromatic rings. The fourth-order valence-electron chi connectivity index (χ4n) is 2.65. The maximum atomic E-state index is 11.3. The molecular formula is C17H24O5. The second kappa shape index (κ2) is 8.88. The number of hydrogen-bond donors (Lipinski definition) is 1. The number of benzene rings is 1. The molecule has 1 fully saturated rings. The number of ether oxygens (including phenoxy) is 3. The van der Waals surface area contributed by atoms with Crippen LogP contribution in [-0.4, -0.2) is 43.1 Å². The van der Waals surface area contributed by atoms with E-state index in [0.717, 1.165) is 5.56 Å². The monoisotopic (exact) mass is 308 g/mol. The third kappa shape index (κ3) is 5.75. The van der Waals surface area contributed by atoms with Crippen molar-refractivity contribution >= 4 is 5.97 Å².